The fourth-order valence-corrected chi connectivity index (χ4v) is 10.7. The van der Waals surface area contributed by atoms with Crippen LogP contribution in [0.15, 0.2) is 21.7 Å². The van der Waals surface area contributed by atoms with E-state index in [1.807, 2.05) is 27.7 Å². The van der Waals surface area contributed by atoms with Gasteiger partial charge in [-0.15, -0.1) is 0 Å². The molecule has 2 aromatic rings. The molecular formula is C64H112N14O16. The number of carbonyl (C=O) groups excluding carboxylic acids is 8. The maximum Gasteiger partial charge on any atom is 0.407 e. The summed E-state index contributed by atoms with van der Waals surface area (Å²) in [6, 6.07) is 1.69. The first-order chi connectivity index (χ1) is 43.8. The highest BCUT2D eigenvalue weighted by Crippen LogP contribution is 2.32. The van der Waals surface area contributed by atoms with Gasteiger partial charge < -0.3 is 71.0 Å². The number of aryl methyl sites for hydroxylation is 2. The van der Waals surface area contributed by atoms with Crippen LogP contribution in [-0.4, -0.2) is 160 Å². The number of carbonyl (C=O) groups is 8. The van der Waals surface area contributed by atoms with Crippen LogP contribution in [0.1, 0.15) is 167 Å². The third-order valence-electron chi connectivity index (χ3n) is 15.0. The molecule has 10 amide bonds. The normalized spacial score (nSPS) is 13.9. The number of ether oxygens (including phenoxy) is 6. The third-order valence-corrected chi connectivity index (χ3v) is 15.0. The van der Waals surface area contributed by atoms with Gasteiger partial charge >= 0.3 is 48.6 Å². The van der Waals surface area contributed by atoms with Crippen molar-refractivity contribution in [3.63, 3.8) is 0 Å². The average molecular weight is 1330 g/mol. The summed E-state index contributed by atoms with van der Waals surface area (Å²) in [4.78, 5) is 136. The van der Waals surface area contributed by atoms with Crippen molar-refractivity contribution in [3.05, 3.63) is 44.2 Å². The molecule has 0 saturated carbocycles. The van der Waals surface area contributed by atoms with Crippen LogP contribution < -0.4 is 64.3 Å². The molecule has 94 heavy (non-hydrogen) atoms. The smallest absolute Gasteiger partial charge is 0.407 e. The number of hydrogen-bond donors (Lipinski definition) is 12. The fraction of sp³-hybridized carbons (Fsp3) is 0.750. The van der Waals surface area contributed by atoms with Crippen molar-refractivity contribution in [2.45, 2.75) is 181 Å². The summed E-state index contributed by atoms with van der Waals surface area (Å²) in [6.07, 6.45) is 0.403. The number of aromatic nitrogens is 4. The Balaban J connectivity index is 1.51. The van der Waals surface area contributed by atoms with Gasteiger partial charge in [0.15, 0.2) is 0 Å². The molecule has 6 atom stereocenters. The topological polar surface area (TPSA) is 404 Å². The molecule has 0 spiro atoms. The molecular weight excluding hydrogens is 1220 g/mol. The zero-order valence-electron chi connectivity index (χ0n) is 58.8. The average Bonchev–Trinajstić information content (AvgIpc) is 1.16. The Kier molecular flexibility index (Phi) is 35.7. The number of urea groups is 2. The van der Waals surface area contributed by atoms with E-state index in [0.29, 0.717) is 89.4 Å². The van der Waals surface area contributed by atoms with E-state index in [2.05, 4.69) is 128 Å². The Labute approximate surface area is 554 Å². The summed E-state index contributed by atoms with van der Waals surface area (Å²) in [5, 5.41) is 27.2. The van der Waals surface area contributed by atoms with Gasteiger partial charge in [-0.25, -0.2) is 48.3 Å². The van der Waals surface area contributed by atoms with Crippen molar-refractivity contribution in [2.24, 2.45) is 51.2 Å². The number of hydrogen-bond acceptors (Lipinski definition) is 18. The lowest BCUT2D eigenvalue weighted by molar-refractivity contribution is 0.0520. The van der Waals surface area contributed by atoms with Crippen LogP contribution in [0.3, 0.4) is 0 Å². The zero-order chi connectivity index (χ0) is 70.8. The van der Waals surface area contributed by atoms with E-state index in [4.69, 9.17) is 28.4 Å². The van der Waals surface area contributed by atoms with E-state index in [1.165, 1.54) is 12.1 Å². The van der Waals surface area contributed by atoms with E-state index >= 15 is 0 Å². The Morgan fingerprint density at radius 3 is 0.936 bits per heavy atom. The predicted octanol–water partition coefficient (Wildman–Crippen LogP) is 8.95. The molecule has 0 aromatic carbocycles. The number of alkyl carbamates (subject to hydrolysis) is 6. The minimum atomic E-state index is -0.700. The molecule has 0 aliphatic rings. The highest BCUT2D eigenvalue weighted by Gasteiger charge is 2.27. The molecule has 2 rings (SSSR count). The molecule has 534 valence electrons. The molecule has 0 radical (unpaired) electrons. The molecule has 2 heterocycles. The van der Waals surface area contributed by atoms with E-state index in [0.717, 1.165) is 25.7 Å². The SMILES string of the molecule is Cc1cc(=O)[nH]c(NC(=O)NCC(C)CC(C)(C)CCNC(=O)OCC(C)OC(=O)NCC(C)CC(C)(C)CCNC(=O)OCC(C)COC(=O)NCCC(C)(C)CC(C)CNC(=O)OC(C)COC(=O)NCCC(C)(C)CC(C)CNC(=O)Nc2nc(C)cc(=O)[nH]2)n1. The Hall–Kier alpha value is -8.08. The van der Waals surface area contributed by atoms with Crippen molar-refractivity contribution in [1.82, 2.24) is 62.5 Å². The summed E-state index contributed by atoms with van der Waals surface area (Å²) in [7, 11) is 0. The number of amides is 10. The first kappa shape index (κ1) is 82.0. The number of H-pyrrole nitrogens is 2. The summed E-state index contributed by atoms with van der Waals surface area (Å²) in [6.45, 7) is 35.6. The van der Waals surface area contributed by atoms with E-state index in [1.54, 1.807) is 34.6 Å². The van der Waals surface area contributed by atoms with Crippen LogP contribution in [0.2, 0.25) is 0 Å². The second kappa shape index (κ2) is 40.9. The number of rotatable bonds is 40. The van der Waals surface area contributed by atoms with E-state index in [-0.39, 0.29) is 101 Å². The summed E-state index contributed by atoms with van der Waals surface area (Å²) in [5.74, 6) is 0.222. The Morgan fingerprint density at radius 1 is 0.394 bits per heavy atom. The van der Waals surface area contributed by atoms with Gasteiger partial charge in [-0.1, -0.05) is 90.0 Å². The Bertz CT molecular complexity index is 2640. The summed E-state index contributed by atoms with van der Waals surface area (Å²) < 4.78 is 32.1. The van der Waals surface area contributed by atoms with Gasteiger partial charge in [0.25, 0.3) is 11.1 Å². The van der Waals surface area contributed by atoms with Gasteiger partial charge in [0, 0.05) is 81.8 Å². The quantitative estimate of drug-likeness (QED) is 0.0277. The van der Waals surface area contributed by atoms with Crippen LogP contribution >= 0.6 is 0 Å². The standard InChI is InChI=1S/C64H112N14O16/c1-40(32-69-53(81)77-51-73-45(6)26-49(79)75-51)28-61(10,11)20-24-67-57(85)91-38-47(8)93-59(87)71-34-42(3)30-63(14,15)18-22-65-55(83)89-36-44(5)37-90-56(84)66-23-19-64(16,17)31-43(4)35-72-60(88)94-48(9)39-92-58(86)68-25-21-62(12,13)29-41(2)33-70-54(82)78-52-74-46(7)27-50(80)76-52/h26-27,40-44,47-48H,18-25,28-39H2,1-17H3,(H,65,83)(H,66,84)(H,67,85)(H,68,86)(H,71,87)(H,72,88)(H3,69,73,75,77,79,81)(H3,70,74,76,78,80,82). The number of nitrogens with one attached hydrogen (secondary N) is 12. The lowest BCUT2D eigenvalue weighted by Crippen LogP contribution is -2.36. The minimum absolute atomic E-state index is 0.0357. The molecule has 30 heteroatoms. The first-order valence-electron chi connectivity index (χ1n) is 32.5. The third kappa shape index (κ3) is 40.1. The zero-order valence-corrected chi connectivity index (χ0v) is 58.8. The minimum Gasteiger partial charge on any atom is -0.449 e. The van der Waals surface area contributed by atoms with Crippen molar-refractivity contribution in [2.75, 3.05) is 89.4 Å². The molecule has 6 unspecified atom stereocenters. The van der Waals surface area contributed by atoms with Gasteiger partial charge in [0.2, 0.25) is 11.9 Å². The monoisotopic (exact) mass is 1330 g/mol. The van der Waals surface area contributed by atoms with Crippen LogP contribution in [-0.2, 0) is 28.4 Å². The van der Waals surface area contributed by atoms with Crippen LogP contribution in [0.5, 0.6) is 0 Å². The van der Waals surface area contributed by atoms with Crippen molar-refractivity contribution in [3.8, 4) is 0 Å². The first-order valence-corrected chi connectivity index (χ1v) is 32.5. The molecule has 0 fully saturated rings. The summed E-state index contributed by atoms with van der Waals surface area (Å²) in [5.41, 5.74) is -0.501. The van der Waals surface area contributed by atoms with Gasteiger partial charge in [-0.05, 0) is 124 Å². The molecule has 12 N–H and O–H groups in total. The molecule has 0 aliphatic carbocycles. The number of aromatic amines is 2. The predicted molar refractivity (Wildman–Crippen MR) is 356 cm³/mol. The van der Waals surface area contributed by atoms with Crippen molar-refractivity contribution in [1.29, 1.82) is 0 Å². The number of anilines is 2. The molecule has 0 bridgehead atoms. The largest absolute Gasteiger partial charge is 0.449 e. The molecule has 30 nitrogen and oxygen atoms in total. The van der Waals surface area contributed by atoms with Crippen LogP contribution in [0.25, 0.3) is 0 Å². The van der Waals surface area contributed by atoms with Crippen LogP contribution in [0.4, 0.5) is 50.3 Å². The highest BCUT2D eigenvalue weighted by molar-refractivity contribution is 5.87. The van der Waals surface area contributed by atoms with Crippen molar-refractivity contribution < 1.29 is 66.8 Å². The summed E-state index contributed by atoms with van der Waals surface area (Å²) >= 11 is 0. The number of nitrogens with zero attached hydrogens (tertiary/aromatic N) is 2. The van der Waals surface area contributed by atoms with Gasteiger partial charge in [-0.2, -0.15) is 0 Å². The highest BCUT2D eigenvalue weighted by atomic mass is 16.6. The molecule has 0 saturated heterocycles. The second-order valence-electron chi connectivity index (χ2n) is 28.4. The van der Waals surface area contributed by atoms with Gasteiger partial charge in [-0.3, -0.25) is 30.2 Å². The second-order valence-corrected chi connectivity index (χ2v) is 28.4. The Morgan fingerprint density at radius 2 is 0.660 bits per heavy atom. The fourth-order valence-electron chi connectivity index (χ4n) is 10.7. The maximum atomic E-state index is 12.6. The lowest BCUT2D eigenvalue weighted by atomic mass is 9.80. The van der Waals surface area contributed by atoms with Gasteiger partial charge in [0.1, 0.15) is 25.4 Å². The molecule has 2 aromatic heterocycles. The van der Waals surface area contributed by atoms with E-state index < -0.39 is 60.8 Å². The lowest BCUT2D eigenvalue weighted by Gasteiger charge is -2.28. The van der Waals surface area contributed by atoms with Crippen molar-refractivity contribution >= 4 is 60.5 Å². The maximum absolute atomic E-state index is 12.6. The van der Waals surface area contributed by atoms with Crippen LogP contribution in [0, 0.1) is 65.1 Å². The van der Waals surface area contributed by atoms with E-state index in [9.17, 15) is 47.9 Å². The molecule has 0 aliphatic heterocycles. The van der Waals surface area contributed by atoms with Gasteiger partial charge in [0.05, 0.1) is 13.2 Å².